The van der Waals surface area contributed by atoms with E-state index in [-0.39, 0.29) is 29.1 Å². The van der Waals surface area contributed by atoms with Crippen LogP contribution in [0.1, 0.15) is 73.6 Å². The Morgan fingerprint density at radius 2 is 1.80 bits per heavy atom. The average Bonchev–Trinajstić information content (AvgIpc) is 2.60. The summed E-state index contributed by atoms with van der Waals surface area (Å²) in [5.74, 6) is -1.01. The number of esters is 2. The first-order valence-electron chi connectivity index (χ1n) is 11.1. The minimum absolute atomic E-state index is 0.0230. The van der Waals surface area contributed by atoms with Gasteiger partial charge >= 0.3 is 11.9 Å². The van der Waals surface area contributed by atoms with Crippen LogP contribution in [0.15, 0.2) is 11.6 Å². The summed E-state index contributed by atoms with van der Waals surface area (Å²) in [5.41, 5.74) is -1.04. The van der Waals surface area contributed by atoms with Crippen molar-refractivity contribution in [2.45, 2.75) is 85.4 Å². The standard InChI is InChI=1S/C24H36O6/c1-14-7-8-17-18(22(14,4)11-12-29-15(2)25)13-19(27)21-23(5,28)10-9-20(24(17,21)6)30-16(3)26/h13-14,17,20-21,28H,7-12H2,1-6H3/t14-,17+,20-,21-,22+,23+,24+/m1/s1. The highest BCUT2D eigenvalue weighted by Crippen LogP contribution is 2.64. The van der Waals surface area contributed by atoms with Crippen molar-refractivity contribution in [3.8, 4) is 0 Å². The molecule has 0 amide bonds. The zero-order chi connectivity index (χ0) is 22.5. The Labute approximate surface area is 179 Å². The van der Waals surface area contributed by atoms with Gasteiger partial charge in [-0.3, -0.25) is 14.4 Å². The van der Waals surface area contributed by atoms with Gasteiger partial charge in [0.15, 0.2) is 5.78 Å². The lowest BCUT2D eigenvalue weighted by Crippen LogP contribution is -2.64. The summed E-state index contributed by atoms with van der Waals surface area (Å²) in [5, 5.41) is 11.2. The minimum Gasteiger partial charge on any atom is -0.466 e. The summed E-state index contributed by atoms with van der Waals surface area (Å²) in [6.45, 7) is 11.2. The Balaban J connectivity index is 2.07. The quantitative estimate of drug-likeness (QED) is 0.699. The number of fused-ring (bicyclic) bond motifs is 3. The van der Waals surface area contributed by atoms with E-state index in [0.29, 0.717) is 31.8 Å². The van der Waals surface area contributed by atoms with E-state index in [0.717, 1.165) is 18.4 Å². The van der Waals surface area contributed by atoms with E-state index >= 15 is 0 Å². The van der Waals surface area contributed by atoms with Gasteiger partial charge in [-0.15, -0.1) is 0 Å². The maximum absolute atomic E-state index is 13.4. The van der Waals surface area contributed by atoms with E-state index in [1.807, 2.05) is 6.92 Å². The van der Waals surface area contributed by atoms with Crippen LogP contribution in [0.3, 0.4) is 0 Å². The van der Waals surface area contributed by atoms with Crippen LogP contribution in [0.2, 0.25) is 0 Å². The number of ketones is 1. The molecule has 0 heterocycles. The van der Waals surface area contributed by atoms with Crippen LogP contribution >= 0.6 is 0 Å². The SMILES string of the molecule is CC(=O)OCC[C@]1(C)C2=CC(=O)[C@H]3[C@](C)([C@H](OC(C)=O)CC[C@]3(C)O)[C@H]2CC[C@H]1C. The van der Waals surface area contributed by atoms with Gasteiger partial charge in [0.2, 0.25) is 0 Å². The summed E-state index contributed by atoms with van der Waals surface area (Å²) < 4.78 is 11.0. The Hall–Kier alpha value is -1.69. The molecule has 0 spiro atoms. The number of hydrogen-bond donors (Lipinski definition) is 1. The molecule has 2 fully saturated rings. The van der Waals surface area contributed by atoms with E-state index in [1.165, 1.54) is 13.8 Å². The van der Waals surface area contributed by atoms with E-state index in [9.17, 15) is 19.5 Å². The van der Waals surface area contributed by atoms with E-state index in [1.54, 1.807) is 13.0 Å². The second-order valence-electron chi connectivity index (χ2n) is 10.3. The Morgan fingerprint density at radius 3 is 2.40 bits per heavy atom. The van der Waals surface area contributed by atoms with Crippen LogP contribution in [0, 0.1) is 28.6 Å². The number of hydrogen-bond acceptors (Lipinski definition) is 6. The molecular formula is C24H36O6. The zero-order valence-electron chi connectivity index (χ0n) is 19.1. The van der Waals surface area contributed by atoms with Gasteiger partial charge in [-0.2, -0.15) is 0 Å². The second kappa shape index (κ2) is 7.77. The molecule has 2 saturated carbocycles. The molecule has 1 N–H and O–H groups in total. The maximum atomic E-state index is 13.4. The molecule has 3 aliphatic rings. The van der Waals surface area contributed by atoms with Crippen LogP contribution in [-0.4, -0.2) is 41.1 Å². The fraction of sp³-hybridized carbons (Fsp3) is 0.792. The molecule has 6 heteroatoms. The minimum atomic E-state index is -1.14. The van der Waals surface area contributed by atoms with Crippen molar-refractivity contribution in [1.82, 2.24) is 0 Å². The molecule has 7 atom stereocenters. The molecular weight excluding hydrogens is 384 g/mol. The van der Waals surface area contributed by atoms with Gasteiger partial charge in [-0.25, -0.2) is 0 Å². The number of carbonyl (C=O) groups is 3. The van der Waals surface area contributed by atoms with Gasteiger partial charge in [0, 0.05) is 19.3 Å². The molecule has 0 aromatic carbocycles. The topological polar surface area (TPSA) is 89.9 Å². The van der Waals surface area contributed by atoms with Crippen LogP contribution in [0.4, 0.5) is 0 Å². The predicted molar refractivity (Wildman–Crippen MR) is 111 cm³/mol. The third-order valence-corrected chi connectivity index (χ3v) is 8.43. The molecule has 168 valence electrons. The zero-order valence-corrected chi connectivity index (χ0v) is 19.1. The van der Waals surface area contributed by atoms with Gasteiger partial charge in [0.1, 0.15) is 6.10 Å². The first kappa shape index (κ1) is 23.0. The molecule has 0 unspecified atom stereocenters. The van der Waals surface area contributed by atoms with Crippen molar-refractivity contribution in [2.24, 2.45) is 28.6 Å². The predicted octanol–water partition coefficient (Wildman–Crippen LogP) is 3.60. The fourth-order valence-electron chi connectivity index (χ4n) is 6.68. The average molecular weight is 421 g/mol. The van der Waals surface area contributed by atoms with E-state index < -0.39 is 23.0 Å². The fourth-order valence-corrected chi connectivity index (χ4v) is 6.68. The summed E-state index contributed by atoms with van der Waals surface area (Å²) in [6.07, 6.45) is 4.78. The Bertz CT molecular complexity index is 768. The summed E-state index contributed by atoms with van der Waals surface area (Å²) in [6, 6.07) is 0. The van der Waals surface area contributed by atoms with Gasteiger partial charge < -0.3 is 14.6 Å². The number of carbonyl (C=O) groups excluding carboxylic acids is 3. The van der Waals surface area contributed by atoms with Crippen molar-refractivity contribution in [3.05, 3.63) is 11.6 Å². The first-order chi connectivity index (χ1) is 13.8. The molecule has 30 heavy (non-hydrogen) atoms. The highest BCUT2D eigenvalue weighted by Gasteiger charge is 2.65. The van der Waals surface area contributed by atoms with Crippen LogP contribution in [-0.2, 0) is 23.9 Å². The summed E-state index contributed by atoms with van der Waals surface area (Å²) in [4.78, 5) is 36.6. The van der Waals surface area contributed by atoms with Crippen LogP contribution in [0.25, 0.3) is 0 Å². The Morgan fingerprint density at radius 1 is 1.13 bits per heavy atom. The van der Waals surface area contributed by atoms with Crippen LogP contribution < -0.4 is 0 Å². The molecule has 6 nitrogen and oxygen atoms in total. The smallest absolute Gasteiger partial charge is 0.302 e. The van der Waals surface area contributed by atoms with Crippen molar-refractivity contribution in [3.63, 3.8) is 0 Å². The lowest BCUT2D eigenvalue weighted by atomic mass is 9.44. The summed E-state index contributed by atoms with van der Waals surface area (Å²) in [7, 11) is 0. The molecule has 0 bridgehead atoms. The van der Waals surface area contributed by atoms with Crippen molar-refractivity contribution in [2.75, 3.05) is 6.61 Å². The van der Waals surface area contributed by atoms with Gasteiger partial charge in [0.25, 0.3) is 0 Å². The van der Waals surface area contributed by atoms with E-state index in [2.05, 4.69) is 13.8 Å². The third kappa shape index (κ3) is 3.61. The molecule has 3 aliphatic carbocycles. The largest absolute Gasteiger partial charge is 0.466 e. The molecule has 0 radical (unpaired) electrons. The third-order valence-electron chi connectivity index (χ3n) is 8.43. The molecule has 0 saturated heterocycles. The first-order valence-corrected chi connectivity index (χ1v) is 11.1. The van der Waals surface area contributed by atoms with Gasteiger partial charge in [-0.1, -0.05) is 26.3 Å². The number of aliphatic hydroxyl groups is 1. The summed E-state index contributed by atoms with van der Waals surface area (Å²) >= 11 is 0. The number of rotatable bonds is 4. The van der Waals surface area contributed by atoms with Crippen molar-refractivity contribution < 1.29 is 29.0 Å². The molecule has 3 rings (SSSR count). The normalized spacial score (nSPS) is 43.2. The van der Waals surface area contributed by atoms with E-state index in [4.69, 9.17) is 9.47 Å². The highest BCUT2D eigenvalue weighted by molar-refractivity contribution is 5.95. The Kier molecular flexibility index (Phi) is 5.96. The molecule has 0 aliphatic heterocycles. The monoisotopic (exact) mass is 420 g/mol. The maximum Gasteiger partial charge on any atom is 0.302 e. The van der Waals surface area contributed by atoms with Gasteiger partial charge in [0.05, 0.1) is 18.1 Å². The molecule has 0 aromatic heterocycles. The van der Waals surface area contributed by atoms with Crippen molar-refractivity contribution >= 4 is 17.7 Å². The highest BCUT2D eigenvalue weighted by atomic mass is 16.5. The lowest BCUT2D eigenvalue weighted by molar-refractivity contribution is -0.199. The van der Waals surface area contributed by atoms with Crippen LogP contribution in [0.5, 0.6) is 0 Å². The number of allylic oxidation sites excluding steroid dienone is 2. The van der Waals surface area contributed by atoms with Crippen molar-refractivity contribution in [1.29, 1.82) is 0 Å². The lowest BCUT2D eigenvalue weighted by Gasteiger charge is -2.61. The second-order valence-corrected chi connectivity index (χ2v) is 10.3. The number of ether oxygens (including phenoxy) is 2. The van der Waals surface area contributed by atoms with Gasteiger partial charge in [-0.05, 0) is 62.4 Å². The molecule has 0 aromatic rings.